The quantitative estimate of drug-likeness (QED) is 0.555. The number of thiocarbonyl (C=S) groups is 1. The highest BCUT2D eigenvalue weighted by Crippen LogP contribution is 2.26. The lowest BCUT2D eigenvalue weighted by Crippen LogP contribution is -2.18. The molecular weight excluding hydrogens is 302 g/mol. The van der Waals surface area contributed by atoms with Crippen LogP contribution in [0.3, 0.4) is 0 Å². The van der Waals surface area contributed by atoms with Gasteiger partial charge in [0.15, 0.2) is 5.78 Å². The first-order chi connectivity index (χ1) is 10.1. The number of hydrogen-bond acceptors (Lipinski definition) is 5. The highest BCUT2D eigenvalue weighted by molar-refractivity contribution is 8.23. The predicted octanol–water partition coefficient (Wildman–Crippen LogP) is 4.23. The van der Waals surface area contributed by atoms with Gasteiger partial charge in [-0.3, -0.25) is 4.79 Å². The summed E-state index contributed by atoms with van der Waals surface area (Å²) in [6.07, 6.45) is 0.962. The predicted molar refractivity (Wildman–Crippen MR) is 90.4 cm³/mol. The molecule has 5 heteroatoms. The van der Waals surface area contributed by atoms with Crippen molar-refractivity contribution in [2.24, 2.45) is 5.92 Å². The fourth-order valence-electron chi connectivity index (χ4n) is 1.95. The van der Waals surface area contributed by atoms with Crippen molar-refractivity contribution in [3.05, 3.63) is 35.9 Å². The molecule has 0 fully saturated rings. The number of ketones is 1. The largest absolute Gasteiger partial charge is 0.479 e. The molecule has 0 bridgehead atoms. The minimum absolute atomic E-state index is 0.0169. The first kappa shape index (κ1) is 17.7. The maximum Gasteiger partial charge on any atom is 0.220 e. The second-order valence-electron chi connectivity index (χ2n) is 4.65. The van der Waals surface area contributed by atoms with Crippen molar-refractivity contribution in [1.29, 1.82) is 5.26 Å². The Morgan fingerprint density at radius 2 is 2.10 bits per heavy atom. The summed E-state index contributed by atoms with van der Waals surface area (Å²) >= 11 is 6.47. The van der Waals surface area contributed by atoms with Crippen molar-refractivity contribution in [2.75, 3.05) is 6.61 Å². The normalized spacial score (nSPS) is 13.0. The number of benzene rings is 1. The molecule has 2 unspecified atom stereocenters. The molecule has 112 valence electrons. The van der Waals surface area contributed by atoms with Crippen LogP contribution in [-0.2, 0) is 4.74 Å². The summed E-state index contributed by atoms with van der Waals surface area (Å²) < 4.78 is 5.69. The lowest BCUT2D eigenvalue weighted by Gasteiger charge is -2.18. The van der Waals surface area contributed by atoms with Crippen LogP contribution in [0.25, 0.3) is 0 Å². The second-order valence-corrected chi connectivity index (χ2v) is 6.55. The Hall–Kier alpha value is -1.38. The molecule has 0 aliphatic heterocycles. The summed E-state index contributed by atoms with van der Waals surface area (Å²) in [4.78, 5) is 12.3. The summed E-state index contributed by atoms with van der Waals surface area (Å²) in [5.74, 6) is -0.0517. The van der Waals surface area contributed by atoms with Gasteiger partial charge in [-0.2, -0.15) is 5.26 Å². The molecule has 1 aromatic carbocycles. The van der Waals surface area contributed by atoms with E-state index in [1.165, 1.54) is 11.8 Å². The fraction of sp³-hybridized carbons (Fsp3) is 0.438. The van der Waals surface area contributed by atoms with E-state index in [0.29, 0.717) is 29.4 Å². The molecule has 0 aliphatic rings. The molecule has 0 radical (unpaired) electrons. The van der Waals surface area contributed by atoms with Gasteiger partial charge >= 0.3 is 0 Å². The fourth-order valence-corrected chi connectivity index (χ4v) is 3.48. The Kier molecular flexibility index (Phi) is 8.03. The van der Waals surface area contributed by atoms with Crippen LogP contribution in [0.4, 0.5) is 0 Å². The molecule has 1 aromatic rings. The van der Waals surface area contributed by atoms with Gasteiger partial charge in [0.25, 0.3) is 0 Å². The van der Waals surface area contributed by atoms with Gasteiger partial charge in [0.2, 0.25) is 4.38 Å². The van der Waals surface area contributed by atoms with Gasteiger partial charge in [-0.1, -0.05) is 49.0 Å². The van der Waals surface area contributed by atoms with Gasteiger partial charge in [0.05, 0.1) is 12.7 Å². The third-order valence-corrected chi connectivity index (χ3v) is 4.38. The van der Waals surface area contributed by atoms with Crippen LogP contribution in [0.15, 0.2) is 30.3 Å². The van der Waals surface area contributed by atoms with Crippen LogP contribution in [0.2, 0.25) is 0 Å². The molecule has 0 aromatic heterocycles. The third kappa shape index (κ3) is 6.28. The molecule has 0 spiro atoms. The molecule has 3 nitrogen and oxygen atoms in total. The summed E-state index contributed by atoms with van der Waals surface area (Å²) in [6.45, 7) is 4.28. The van der Waals surface area contributed by atoms with Gasteiger partial charge < -0.3 is 4.74 Å². The van der Waals surface area contributed by atoms with E-state index in [2.05, 4.69) is 6.07 Å². The average molecular weight is 321 g/mol. The van der Waals surface area contributed by atoms with Crippen molar-refractivity contribution in [2.45, 2.75) is 31.9 Å². The average Bonchev–Trinajstić information content (AvgIpc) is 2.47. The Morgan fingerprint density at radius 1 is 1.43 bits per heavy atom. The van der Waals surface area contributed by atoms with E-state index in [1.54, 1.807) is 0 Å². The Bertz CT molecular complexity index is 511. The van der Waals surface area contributed by atoms with Crippen LogP contribution in [0.1, 0.15) is 37.0 Å². The van der Waals surface area contributed by atoms with Crippen molar-refractivity contribution in [3.63, 3.8) is 0 Å². The van der Waals surface area contributed by atoms with E-state index in [9.17, 15) is 4.79 Å². The molecule has 0 saturated carbocycles. The second kappa shape index (κ2) is 9.54. The molecule has 2 atom stereocenters. The zero-order chi connectivity index (χ0) is 15.7. The molecule has 1 rings (SSSR count). The maximum atomic E-state index is 12.3. The van der Waals surface area contributed by atoms with Crippen LogP contribution in [0.5, 0.6) is 0 Å². The first-order valence-corrected chi connectivity index (χ1v) is 8.16. The molecule has 0 heterocycles. The number of carbonyl (C=O) groups excluding carboxylic acids is 1. The number of rotatable bonds is 7. The molecule has 0 N–H and O–H groups in total. The molecular formula is C16H19NO2S2. The number of ether oxygens (including phenoxy) is 1. The minimum atomic E-state index is -0.150. The van der Waals surface area contributed by atoms with E-state index in [1.807, 2.05) is 44.2 Å². The number of carbonyl (C=O) groups is 1. The zero-order valence-corrected chi connectivity index (χ0v) is 13.9. The van der Waals surface area contributed by atoms with Crippen molar-refractivity contribution in [1.82, 2.24) is 0 Å². The number of thioether (sulfide) groups is 1. The van der Waals surface area contributed by atoms with Gasteiger partial charge in [0.1, 0.15) is 0 Å². The molecule has 0 aliphatic carbocycles. The smallest absolute Gasteiger partial charge is 0.220 e. The number of nitrogens with zero attached hydrogens (tertiary/aromatic N) is 1. The highest BCUT2D eigenvalue weighted by Gasteiger charge is 2.22. The number of hydrogen-bond donors (Lipinski definition) is 0. The van der Waals surface area contributed by atoms with Crippen molar-refractivity contribution < 1.29 is 9.53 Å². The monoisotopic (exact) mass is 321 g/mol. The molecule has 21 heavy (non-hydrogen) atoms. The Balaban J connectivity index is 2.64. The Morgan fingerprint density at radius 3 is 2.67 bits per heavy atom. The van der Waals surface area contributed by atoms with Crippen LogP contribution in [-0.4, -0.2) is 22.0 Å². The topological polar surface area (TPSA) is 50.1 Å². The SMILES string of the molecule is CCOC(=S)SC(CC#N)CC(C)C(=O)c1ccccc1. The number of Topliss-reactive ketones (excluding diaryl/α,β-unsaturated/α-hetero) is 1. The van der Waals surface area contributed by atoms with Gasteiger partial charge in [0, 0.05) is 23.2 Å². The molecule has 0 amide bonds. The minimum Gasteiger partial charge on any atom is -0.479 e. The lowest BCUT2D eigenvalue weighted by atomic mass is 9.94. The van der Waals surface area contributed by atoms with E-state index >= 15 is 0 Å². The summed E-state index contributed by atoms with van der Waals surface area (Å²) in [7, 11) is 0. The highest BCUT2D eigenvalue weighted by atomic mass is 32.2. The van der Waals surface area contributed by atoms with Gasteiger partial charge in [-0.05, 0) is 25.6 Å². The summed E-state index contributed by atoms with van der Waals surface area (Å²) in [6, 6.07) is 11.4. The number of nitriles is 1. The van der Waals surface area contributed by atoms with E-state index in [-0.39, 0.29) is 17.0 Å². The van der Waals surface area contributed by atoms with Crippen molar-refractivity contribution >= 4 is 34.1 Å². The van der Waals surface area contributed by atoms with Crippen molar-refractivity contribution in [3.8, 4) is 6.07 Å². The third-order valence-electron chi connectivity index (χ3n) is 2.97. The maximum absolute atomic E-state index is 12.3. The first-order valence-electron chi connectivity index (χ1n) is 6.88. The lowest BCUT2D eigenvalue weighted by molar-refractivity contribution is 0.0924. The van der Waals surface area contributed by atoms with E-state index in [4.69, 9.17) is 22.2 Å². The summed E-state index contributed by atoms with van der Waals surface area (Å²) in [5.41, 5.74) is 0.707. The van der Waals surface area contributed by atoms with E-state index < -0.39 is 0 Å². The van der Waals surface area contributed by atoms with Gasteiger partial charge in [-0.15, -0.1) is 0 Å². The van der Waals surface area contributed by atoms with Gasteiger partial charge in [-0.25, -0.2) is 0 Å². The molecule has 0 saturated heterocycles. The zero-order valence-electron chi connectivity index (χ0n) is 12.2. The van der Waals surface area contributed by atoms with E-state index in [0.717, 1.165) is 0 Å². The van der Waals surface area contributed by atoms with Crippen LogP contribution >= 0.6 is 24.0 Å². The van der Waals surface area contributed by atoms with Crippen LogP contribution in [0, 0.1) is 17.2 Å². The Labute approximate surface area is 135 Å². The van der Waals surface area contributed by atoms with Crippen LogP contribution < -0.4 is 0 Å². The summed E-state index contributed by atoms with van der Waals surface area (Å²) in [5, 5.41) is 8.90. The standard InChI is InChI=1S/C16H19NO2S2/c1-3-19-16(20)21-14(9-10-17)11-12(2)15(18)13-7-5-4-6-8-13/h4-8,12,14H,3,9,11H2,1-2H3.